The highest BCUT2D eigenvalue weighted by Gasteiger charge is 2.36. The molecule has 432 valence electrons. The number of phenolic OH excluding ortho intramolecular Hbond substituents is 3. The number of esters is 2. The van der Waals surface area contributed by atoms with E-state index in [2.05, 4.69) is 25.9 Å². The summed E-state index contributed by atoms with van der Waals surface area (Å²) in [5.74, 6) is -0.0419. The van der Waals surface area contributed by atoms with Gasteiger partial charge in [-0.05, 0) is 194 Å². The predicted molar refractivity (Wildman–Crippen MR) is 308 cm³/mol. The van der Waals surface area contributed by atoms with E-state index in [-0.39, 0.29) is 63.1 Å². The standard InChI is InChI=1S/C30H41N3O6.C26H35N3O6.C4H7Br/c1-29(2,3)38-27(35)24-20(19-9-8-14-33(16-19)28(36)39-30(4,5)6)15-21(32-26(24)31)25-22(34)10-7-11-23(25)37-17-18-12-13-18;1-25(2,3)34-23(32)20-16(15-9-8-12-29(14-15)24(33)35-26(4,5)6)13-17(28-22(20)27)21-18(30)10-7-11-19(21)31;5-3-4-1-2-4/h7,10-11,15,18-19,34H,8-9,12-14,16-17H2,1-6H3,(H2,31,32);7,10-11,13,15,30-31H,8-9,12,14H2,1-6H3,(H2,27,28);4H,1-3H2. The zero-order valence-corrected chi connectivity index (χ0v) is 49.8. The maximum absolute atomic E-state index is 13.4. The molecule has 2 aliphatic heterocycles. The van der Waals surface area contributed by atoms with Gasteiger partial charge in [-0.1, -0.05) is 28.1 Å². The SMILES string of the molecule is BrCC1CC1.CC(C)(C)OC(=O)c1c(C2CCCN(C(=O)OC(C)(C)C)C2)cc(-c2c(O)cccc2O)nc1N.CC(C)(C)OC(=O)c1c(C2CCCN(C(=O)OC(C)(C)C)C2)cc(-c2c(O)cccc2OCC2CC2)nc1N. The fourth-order valence-corrected chi connectivity index (χ4v) is 9.72. The van der Waals surface area contributed by atoms with Crippen molar-refractivity contribution in [1.82, 2.24) is 19.8 Å². The molecule has 2 aromatic carbocycles. The number of anilines is 2. The van der Waals surface area contributed by atoms with Gasteiger partial charge in [-0.15, -0.1) is 0 Å². The van der Waals surface area contributed by atoms with Crippen molar-refractivity contribution in [3.05, 3.63) is 70.8 Å². The largest absolute Gasteiger partial charge is 0.507 e. The average Bonchev–Trinajstić information content (AvgIpc) is 4.31. The van der Waals surface area contributed by atoms with Crippen LogP contribution in [-0.2, 0) is 18.9 Å². The van der Waals surface area contributed by atoms with E-state index in [0.717, 1.165) is 31.6 Å². The molecule has 2 atom stereocenters. The number of phenols is 3. The number of aromatic nitrogens is 2. The topological polar surface area (TPSA) is 259 Å². The first-order valence-electron chi connectivity index (χ1n) is 27.4. The van der Waals surface area contributed by atoms with Crippen molar-refractivity contribution in [3.8, 4) is 45.5 Å². The molecule has 0 spiro atoms. The van der Waals surface area contributed by atoms with Gasteiger partial charge in [0.25, 0.3) is 0 Å². The lowest BCUT2D eigenvalue weighted by atomic mass is 9.86. The third-order valence-electron chi connectivity index (χ3n) is 13.0. The van der Waals surface area contributed by atoms with Crippen LogP contribution in [0.4, 0.5) is 21.2 Å². The number of hydrogen-bond donors (Lipinski definition) is 5. The van der Waals surface area contributed by atoms with E-state index in [9.17, 15) is 34.5 Å². The number of nitrogens with zero attached hydrogens (tertiary/aromatic N) is 4. The Bertz CT molecular complexity index is 2800. The molecule has 2 aliphatic carbocycles. The van der Waals surface area contributed by atoms with E-state index < -0.39 is 46.5 Å². The van der Waals surface area contributed by atoms with Gasteiger partial charge in [0.2, 0.25) is 0 Å². The Morgan fingerprint density at radius 1 is 0.570 bits per heavy atom. The van der Waals surface area contributed by atoms with Gasteiger partial charge in [0.1, 0.15) is 68.2 Å². The van der Waals surface area contributed by atoms with Crippen molar-refractivity contribution in [1.29, 1.82) is 0 Å². The number of pyridine rings is 2. The number of ether oxygens (including phenoxy) is 5. The molecular weight excluding hydrogens is 1080 g/mol. The second kappa shape index (κ2) is 25.3. The molecule has 4 fully saturated rings. The first-order chi connectivity index (χ1) is 36.8. The molecule has 2 aromatic heterocycles. The molecule has 0 bridgehead atoms. The van der Waals surface area contributed by atoms with Gasteiger partial charge in [-0.3, -0.25) is 0 Å². The minimum Gasteiger partial charge on any atom is -0.507 e. The summed E-state index contributed by atoms with van der Waals surface area (Å²) in [5, 5.41) is 32.9. The molecule has 0 radical (unpaired) electrons. The second-order valence-corrected chi connectivity index (χ2v) is 25.6. The van der Waals surface area contributed by atoms with Crippen LogP contribution in [0.1, 0.15) is 178 Å². The summed E-state index contributed by atoms with van der Waals surface area (Å²) < 4.78 is 28.5. The summed E-state index contributed by atoms with van der Waals surface area (Å²) in [6.07, 6.45) is 7.18. The third kappa shape index (κ3) is 18.0. The number of amides is 2. The molecular formula is C60H83BrN6O12. The van der Waals surface area contributed by atoms with Crippen LogP contribution in [-0.4, -0.2) is 120 Å². The molecule has 2 unspecified atom stereocenters. The van der Waals surface area contributed by atoms with Crippen LogP contribution in [0.2, 0.25) is 0 Å². The number of benzene rings is 2. The van der Waals surface area contributed by atoms with Crippen LogP contribution in [0.3, 0.4) is 0 Å². The Labute approximate surface area is 474 Å². The summed E-state index contributed by atoms with van der Waals surface area (Å²) in [7, 11) is 0. The van der Waals surface area contributed by atoms with Crippen molar-refractivity contribution < 1.29 is 58.2 Å². The molecule has 18 nitrogen and oxygen atoms in total. The van der Waals surface area contributed by atoms with Crippen LogP contribution in [0, 0.1) is 11.8 Å². The number of nitrogen functional groups attached to an aromatic ring is 2. The van der Waals surface area contributed by atoms with E-state index in [4.69, 9.17) is 35.2 Å². The average molecular weight is 1160 g/mol. The number of rotatable bonds is 10. The monoisotopic (exact) mass is 1160 g/mol. The number of hydrogen-bond acceptors (Lipinski definition) is 16. The lowest BCUT2D eigenvalue weighted by Gasteiger charge is -2.35. The fourth-order valence-electron chi connectivity index (χ4n) is 9.07. The molecule has 2 saturated heterocycles. The molecule has 4 aromatic rings. The van der Waals surface area contributed by atoms with Gasteiger partial charge in [0.05, 0.1) is 29.1 Å². The lowest BCUT2D eigenvalue weighted by Crippen LogP contribution is -2.42. The van der Waals surface area contributed by atoms with Gasteiger partial charge < -0.3 is 60.3 Å². The van der Waals surface area contributed by atoms with Crippen molar-refractivity contribution in [2.45, 2.75) is 169 Å². The number of halogens is 1. The smallest absolute Gasteiger partial charge is 0.410 e. The minimum absolute atomic E-state index is 0.00235. The molecule has 79 heavy (non-hydrogen) atoms. The molecule has 2 amide bonds. The number of piperidine rings is 2. The number of carbonyl (C=O) groups excluding carboxylic acids is 4. The maximum Gasteiger partial charge on any atom is 0.410 e. The van der Waals surface area contributed by atoms with Crippen LogP contribution in [0.25, 0.3) is 22.5 Å². The summed E-state index contributed by atoms with van der Waals surface area (Å²) in [4.78, 5) is 64.4. The zero-order chi connectivity index (χ0) is 58.4. The first kappa shape index (κ1) is 61.7. The number of alkyl halides is 1. The quantitative estimate of drug-likeness (QED) is 0.0562. The minimum atomic E-state index is -0.759. The van der Waals surface area contributed by atoms with E-state index in [1.807, 2.05) is 41.5 Å². The van der Waals surface area contributed by atoms with Crippen molar-refractivity contribution in [3.63, 3.8) is 0 Å². The molecule has 4 aliphatic rings. The molecule has 7 N–H and O–H groups in total. The van der Waals surface area contributed by atoms with E-state index >= 15 is 0 Å². The molecule has 19 heteroatoms. The van der Waals surface area contributed by atoms with Crippen LogP contribution in [0.5, 0.6) is 23.0 Å². The number of likely N-dealkylation sites (tertiary alicyclic amines) is 2. The molecule has 4 heterocycles. The Hall–Kier alpha value is -6.50. The third-order valence-corrected chi connectivity index (χ3v) is 13.9. The van der Waals surface area contributed by atoms with Crippen molar-refractivity contribution in [2.24, 2.45) is 11.8 Å². The number of aromatic hydroxyl groups is 3. The van der Waals surface area contributed by atoms with E-state index in [0.29, 0.717) is 79.7 Å². The fraction of sp³-hybridized carbons (Fsp3) is 0.567. The highest BCUT2D eigenvalue weighted by molar-refractivity contribution is 9.09. The van der Waals surface area contributed by atoms with Gasteiger partial charge in [0, 0.05) is 43.3 Å². The van der Waals surface area contributed by atoms with Crippen molar-refractivity contribution >= 4 is 51.7 Å². The van der Waals surface area contributed by atoms with Crippen LogP contribution >= 0.6 is 15.9 Å². The zero-order valence-electron chi connectivity index (χ0n) is 48.2. The number of carbonyl (C=O) groups is 4. The predicted octanol–water partition coefficient (Wildman–Crippen LogP) is 12.5. The number of nitrogens with two attached hydrogens (primary N) is 2. The summed E-state index contributed by atoms with van der Waals surface area (Å²) in [6, 6.07) is 12.9. The normalized spacial score (nSPS) is 17.7. The Balaban J connectivity index is 0.000000235. The summed E-state index contributed by atoms with van der Waals surface area (Å²) >= 11 is 3.38. The first-order valence-corrected chi connectivity index (χ1v) is 28.5. The Kier molecular flexibility index (Phi) is 19.8. The lowest BCUT2D eigenvalue weighted by molar-refractivity contribution is 0.00539. The van der Waals surface area contributed by atoms with Gasteiger partial charge >= 0.3 is 24.1 Å². The van der Waals surface area contributed by atoms with E-state index in [1.54, 1.807) is 81.7 Å². The second-order valence-electron chi connectivity index (χ2n) is 24.9. The van der Waals surface area contributed by atoms with Gasteiger partial charge in [0.15, 0.2) is 0 Å². The Morgan fingerprint density at radius 2 is 0.949 bits per heavy atom. The highest BCUT2D eigenvalue weighted by Crippen LogP contribution is 2.44. The molecule has 2 saturated carbocycles. The Morgan fingerprint density at radius 3 is 1.32 bits per heavy atom. The van der Waals surface area contributed by atoms with Crippen LogP contribution < -0.4 is 16.2 Å². The van der Waals surface area contributed by atoms with Crippen molar-refractivity contribution in [2.75, 3.05) is 49.6 Å². The summed E-state index contributed by atoms with van der Waals surface area (Å²) in [6.45, 7) is 23.9. The highest BCUT2D eigenvalue weighted by atomic mass is 79.9. The van der Waals surface area contributed by atoms with E-state index in [1.165, 1.54) is 36.4 Å². The summed E-state index contributed by atoms with van der Waals surface area (Å²) in [5.41, 5.74) is 12.6. The van der Waals surface area contributed by atoms with Gasteiger partial charge in [-0.25, -0.2) is 29.1 Å². The maximum atomic E-state index is 13.4. The van der Waals surface area contributed by atoms with Gasteiger partial charge in [-0.2, -0.15) is 0 Å². The molecule has 8 rings (SSSR count). The van der Waals surface area contributed by atoms with Crippen LogP contribution in [0.15, 0.2) is 48.5 Å².